The molecule has 5 nitrogen and oxygen atoms in total. The molecule has 0 spiro atoms. The van der Waals surface area contributed by atoms with Crippen LogP contribution in [-0.2, 0) is 9.53 Å². The molecule has 0 radical (unpaired) electrons. The van der Waals surface area contributed by atoms with Crippen molar-refractivity contribution in [2.45, 2.75) is 25.8 Å². The number of benzene rings is 1. The Morgan fingerprint density at radius 3 is 2.43 bits per heavy atom. The van der Waals surface area contributed by atoms with Crippen LogP contribution in [0.3, 0.4) is 0 Å². The predicted octanol–water partition coefficient (Wildman–Crippen LogP) is 2.58. The van der Waals surface area contributed by atoms with Crippen molar-refractivity contribution in [1.82, 2.24) is 10.2 Å². The van der Waals surface area contributed by atoms with E-state index in [2.05, 4.69) is 10.1 Å². The zero-order valence-corrected chi connectivity index (χ0v) is 13.3. The number of hydrogen-bond acceptors (Lipinski definition) is 3. The molecule has 124 valence electrons. The second-order valence-corrected chi connectivity index (χ2v) is 5.57. The van der Waals surface area contributed by atoms with Crippen LogP contribution in [0.2, 0.25) is 0 Å². The number of methoxy groups -OCH3 is 1. The maximum Gasteiger partial charge on any atom is 0.409 e. The number of nitrogens with one attached hydrogen (secondary N) is 1. The zero-order valence-electron chi connectivity index (χ0n) is 13.3. The molecule has 1 heterocycles. The zero-order chi connectivity index (χ0) is 16.8. The lowest BCUT2D eigenvalue weighted by Crippen LogP contribution is -2.46. The van der Waals surface area contributed by atoms with Gasteiger partial charge in [0.2, 0.25) is 5.91 Å². The number of hydrogen-bond donors (Lipinski definition) is 1. The first-order valence-corrected chi connectivity index (χ1v) is 7.57. The predicted molar refractivity (Wildman–Crippen MR) is 85.2 cm³/mol. The average Bonchev–Trinajstić information content (AvgIpc) is 2.55. The van der Waals surface area contributed by atoms with Crippen LogP contribution in [0.25, 0.3) is 5.57 Å². The molecule has 1 aliphatic rings. The largest absolute Gasteiger partial charge is 0.453 e. The van der Waals surface area contributed by atoms with Gasteiger partial charge in [-0.2, -0.15) is 0 Å². The molecular formula is C17H21FN2O3. The summed E-state index contributed by atoms with van der Waals surface area (Å²) in [5.41, 5.74) is 1.58. The molecule has 0 bridgehead atoms. The van der Waals surface area contributed by atoms with E-state index in [1.807, 2.05) is 6.92 Å². The monoisotopic (exact) mass is 320 g/mol. The van der Waals surface area contributed by atoms with E-state index >= 15 is 0 Å². The third kappa shape index (κ3) is 4.81. The van der Waals surface area contributed by atoms with Crippen LogP contribution >= 0.6 is 0 Å². The first-order chi connectivity index (χ1) is 11.0. The third-order valence-electron chi connectivity index (χ3n) is 3.92. The van der Waals surface area contributed by atoms with Crippen LogP contribution in [0.5, 0.6) is 0 Å². The fourth-order valence-electron chi connectivity index (χ4n) is 2.57. The minimum atomic E-state index is -0.332. The summed E-state index contributed by atoms with van der Waals surface area (Å²) in [6.45, 7) is 2.95. The van der Waals surface area contributed by atoms with E-state index in [-0.39, 0.29) is 23.9 Å². The fraction of sp³-hybridized carbons (Fsp3) is 0.412. The van der Waals surface area contributed by atoms with Gasteiger partial charge in [0.1, 0.15) is 5.82 Å². The van der Waals surface area contributed by atoms with Crippen molar-refractivity contribution in [3.63, 3.8) is 0 Å². The standard InChI is InChI=1S/C17H21FN2O3/c1-12(13-3-5-14(18)6-4-13)11-16(21)19-15-7-9-20(10-8-15)17(22)23-2/h3-6,11,15H,7-10H2,1-2H3,(H,19,21). The van der Waals surface area contributed by atoms with Gasteiger partial charge in [0.05, 0.1) is 7.11 Å². The van der Waals surface area contributed by atoms with Crippen molar-refractivity contribution >= 4 is 17.6 Å². The fourth-order valence-corrected chi connectivity index (χ4v) is 2.57. The minimum Gasteiger partial charge on any atom is -0.453 e. The Balaban J connectivity index is 1.86. The molecule has 0 unspecified atom stereocenters. The number of amides is 2. The molecule has 2 rings (SSSR count). The topological polar surface area (TPSA) is 58.6 Å². The second-order valence-electron chi connectivity index (χ2n) is 5.57. The van der Waals surface area contributed by atoms with Crippen LogP contribution in [0.4, 0.5) is 9.18 Å². The number of allylic oxidation sites excluding steroid dienone is 1. The molecule has 6 heteroatoms. The molecule has 0 saturated carbocycles. The van der Waals surface area contributed by atoms with Crippen LogP contribution < -0.4 is 5.32 Å². The summed E-state index contributed by atoms with van der Waals surface area (Å²) in [6, 6.07) is 6.06. The maximum absolute atomic E-state index is 12.9. The molecule has 2 amide bonds. The minimum absolute atomic E-state index is 0.0423. The van der Waals surface area contributed by atoms with Gasteiger partial charge in [-0.15, -0.1) is 0 Å². The van der Waals surface area contributed by atoms with Crippen LogP contribution in [0.1, 0.15) is 25.3 Å². The van der Waals surface area contributed by atoms with Gasteiger partial charge in [-0.1, -0.05) is 12.1 Å². The highest BCUT2D eigenvalue weighted by Crippen LogP contribution is 2.15. The van der Waals surface area contributed by atoms with Gasteiger partial charge in [-0.3, -0.25) is 4.79 Å². The Kier molecular flexibility index (Phi) is 5.73. The SMILES string of the molecule is COC(=O)N1CCC(NC(=O)C=C(C)c2ccc(F)cc2)CC1. The molecule has 1 fully saturated rings. The highest BCUT2D eigenvalue weighted by Gasteiger charge is 2.23. The van der Waals surface area contributed by atoms with E-state index in [0.717, 1.165) is 11.1 Å². The first kappa shape index (κ1) is 17.0. The lowest BCUT2D eigenvalue weighted by Gasteiger charge is -2.31. The number of likely N-dealkylation sites (tertiary alicyclic amines) is 1. The Morgan fingerprint density at radius 1 is 1.26 bits per heavy atom. The molecule has 1 N–H and O–H groups in total. The smallest absolute Gasteiger partial charge is 0.409 e. The molecular weight excluding hydrogens is 299 g/mol. The Bertz CT molecular complexity index is 590. The van der Waals surface area contributed by atoms with E-state index in [0.29, 0.717) is 25.9 Å². The number of piperidine rings is 1. The van der Waals surface area contributed by atoms with Gasteiger partial charge in [0.15, 0.2) is 0 Å². The van der Waals surface area contributed by atoms with Crippen molar-refractivity contribution in [3.8, 4) is 0 Å². The number of rotatable bonds is 3. The van der Waals surface area contributed by atoms with Crippen molar-refractivity contribution in [2.75, 3.05) is 20.2 Å². The van der Waals surface area contributed by atoms with E-state index in [1.54, 1.807) is 17.0 Å². The summed E-state index contributed by atoms with van der Waals surface area (Å²) in [4.78, 5) is 25.1. The molecule has 0 aliphatic carbocycles. The number of carbonyl (C=O) groups is 2. The van der Waals surface area contributed by atoms with Crippen molar-refractivity contribution < 1.29 is 18.7 Å². The lowest BCUT2D eigenvalue weighted by atomic mass is 10.0. The third-order valence-corrected chi connectivity index (χ3v) is 3.92. The molecule has 0 atom stereocenters. The second kappa shape index (κ2) is 7.76. The summed E-state index contributed by atoms with van der Waals surface area (Å²) in [6.07, 6.45) is 2.58. The molecule has 1 saturated heterocycles. The summed E-state index contributed by atoms with van der Waals surface area (Å²) >= 11 is 0. The summed E-state index contributed by atoms with van der Waals surface area (Å²) in [5.74, 6) is -0.480. The van der Waals surface area contributed by atoms with Crippen molar-refractivity contribution in [3.05, 3.63) is 41.7 Å². The van der Waals surface area contributed by atoms with Gasteiger partial charge < -0.3 is 15.0 Å². The summed E-state index contributed by atoms with van der Waals surface area (Å²) < 4.78 is 17.6. The average molecular weight is 320 g/mol. The summed E-state index contributed by atoms with van der Waals surface area (Å²) in [7, 11) is 1.36. The number of ether oxygens (including phenoxy) is 1. The number of nitrogens with zero attached hydrogens (tertiary/aromatic N) is 1. The Hall–Kier alpha value is -2.37. The Morgan fingerprint density at radius 2 is 1.87 bits per heavy atom. The normalized spacial score (nSPS) is 16.1. The number of carbonyl (C=O) groups excluding carboxylic acids is 2. The first-order valence-electron chi connectivity index (χ1n) is 7.57. The highest BCUT2D eigenvalue weighted by molar-refractivity contribution is 5.95. The van der Waals surface area contributed by atoms with Gasteiger partial charge in [-0.25, -0.2) is 9.18 Å². The lowest BCUT2D eigenvalue weighted by molar-refractivity contribution is -0.117. The quantitative estimate of drug-likeness (QED) is 0.871. The van der Waals surface area contributed by atoms with Crippen LogP contribution in [0, 0.1) is 5.82 Å². The van der Waals surface area contributed by atoms with Crippen LogP contribution in [0.15, 0.2) is 30.3 Å². The highest BCUT2D eigenvalue weighted by atomic mass is 19.1. The Labute approximate surface area is 135 Å². The molecule has 23 heavy (non-hydrogen) atoms. The molecule has 1 aromatic carbocycles. The van der Waals surface area contributed by atoms with Crippen LogP contribution in [-0.4, -0.2) is 43.1 Å². The van der Waals surface area contributed by atoms with E-state index in [9.17, 15) is 14.0 Å². The molecule has 1 aromatic rings. The number of halogens is 1. The van der Waals surface area contributed by atoms with Gasteiger partial charge in [0, 0.05) is 25.2 Å². The van der Waals surface area contributed by atoms with Gasteiger partial charge >= 0.3 is 6.09 Å². The van der Waals surface area contributed by atoms with E-state index in [1.165, 1.54) is 25.3 Å². The van der Waals surface area contributed by atoms with Crippen molar-refractivity contribution in [1.29, 1.82) is 0 Å². The van der Waals surface area contributed by atoms with Gasteiger partial charge in [-0.05, 0) is 43.0 Å². The van der Waals surface area contributed by atoms with Gasteiger partial charge in [0.25, 0.3) is 0 Å². The maximum atomic E-state index is 12.9. The molecule has 1 aliphatic heterocycles. The van der Waals surface area contributed by atoms with Crippen molar-refractivity contribution in [2.24, 2.45) is 0 Å². The van der Waals surface area contributed by atoms with E-state index in [4.69, 9.17) is 0 Å². The molecule has 0 aromatic heterocycles. The van der Waals surface area contributed by atoms with E-state index < -0.39 is 0 Å². The summed E-state index contributed by atoms with van der Waals surface area (Å²) in [5, 5.41) is 2.94.